The van der Waals surface area contributed by atoms with Crippen LogP contribution in [0.4, 0.5) is 0 Å². The third kappa shape index (κ3) is 10.3. The third-order valence-corrected chi connectivity index (χ3v) is 3.68. The second-order valence-electron chi connectivity index (χ2n) is 5.55. The zero-order chi connectivity index (χ0) is 16.9. The van der Waals surface area contributed by atoms with Gasteiger partial charge in [-0.25, -0.2) is 0 Å². The molecule has 1 saturated heterocycles. The summed E-state index contributed by atoms with van der Waals surface area (Å²) in [6, 6.07) is 0.397. The molecule has 1 aliphatic rings. The monoisotopic (exact) mass is 456 g/mol. The molecule has 0 aromatic carbocycles. The number of nitrogens with one attached hydrogen (secondary N) is 2. The number of esters is 1. The first-order valence-electron chi connectivity index (χ1n) is 8.67. The lowest BCUT2D eigenvalue weighted by atomic mass is 10.2. The van der Waals surface area contributed by atoms with Gasteiger partial charge in [-0.2, -0.15) is 0 Å². The van der Waals surface area contributed by atoms with E-state index in [0.717, 1.165) is 51.8 Å². The van der Waals surface area contributed by atoms with Crippen LogP contribution in [0, 0.1) is 0 Å². The molecule has 7 nitrogen and oxygen atoms in total. The Morgan fingerprint density at radius 1 is 1.29 bits per heavy atom. The highest BCUT2D eigenvalue weighted by Crippen LogP contribution is 2.03. The molecule has 0 amide bonds. The van der Waals surface area contributed by atoms with Gasteiger partial charge in [0.05, 0.1) is 26.4 Å². The molecule has 24 heavy (non-hydrogen) atoms. The number of hydrogen-bond donors (Lipinski definition) is 2. The van der Waals surface area contributed by atoms with Gasteiger partial charge in [-0.05, 0) is 27.2 Å². The molecular weight excluding hydrogens is 423 g/mol. The van der Waals surface area contributed by atoms with Crippen molar-refractivity contribution in [1.82, 2.24) is 15.5 Å². The molecule has 1 fully saturated rings. The summed E-state index contributed by atoms with van der Waals surface area (Å²) in [7, 11) is 0. The van der Waals surface area contributed by atoms with Gasteiger partial charge in [0.25, 0.3) is 0 Å². The number of carbonyl (C=O) groups excluding carboxylic acids is 1. The molecule has 1 atom stereocenters. The lowest BCUT2D eigenvalue weighted by Gasteiger charge is -2.31. The van der Waals surface area contributed by atoms with Gasteiger partial charge in [0, 0.05) is 38.6 Å². The summed E-state index contributed by atoms with van der Waals surface area (Å²) < 4.78 is 10.3. The molecule has 0 aliphatic carbocycles. The predicted octanol–water partition coefficient (Wildman–Crippen LogP) is 1.22. The van der Waals surface area contributed by atoms with Gasteiger partial charge in [0.1, 0.15) is 0 Å². The van der Waals surface area contributed by atoms with Crippen molar-refractivity contribution in [3.8, 4) is 0 Å². The number of halogens is 1. The minimum Gasteiger partial charge on any atom is -0.466 e. The average Bonchev–Trinajstić information content (AvgIpc) is 2.57. The van der Waals surface area contributed by atoms with Crippen LogP contribution >= 0.6 is 24.0 Å². The fourth-order valence-corrected chi connectivity index (χ4v) is 2.37. The fraction of sp³-hybridized carbons (Fsp3) is 0.875. The van der Waals surface area contributed by atoms with E-state index in [4.69, 9.17) is 9.47 Å². The van der Waals surface area contributed by atoms with Crippen molar-refractivity contribution in [2.45, 2.75) is 39.7 Å². The zero-order valence-electron chi connectivity index (χ0n) is 15.2. The van der Waals surface area contributed by atoms with Crippen LogP contribution in [0.25, 0.3) is 0 Å². The Hall–Kier alpha value is -0.610. The summed E-state index contributed by atoms with van der Waals surface area (Å²) in [5.41, 5.74) is 0. The summed E-state index contributed by atoms with van der Waals surface area (Å²) in [5, 5.41) is 6.50. The largest absolute Gasteiger partial charge is 0.466 e. The van der Waals surface area contributed by atoms with Crippen LogP contribution in [0.2, 0.25) is 0 Å². The van der Waals surface area contributed by atoms with Crippen molar-refractivity contribution in [1.29, 1.82) is 0 Å². The number of nitrogens with zero attached hydrogens (tertiary/aromatic N) is 2. The van der Waals surface area contributed by atoms with E-state index in [2.05, 4.69) is 27.4 Å². The first kappa shape index (κ1) is 23.4. The van der Waals surface area contributed by atoms with Crippen LogP contribution in [-0.4, -0.2) is 75.4 Å². The number of hydrogen-bond acceptors (Lipinski definition) is 5. The van der Waals surface area contributed by atoms with Crippen molar-refractivity contribution in [3.05, 3.63) is 0 Å². The number of morpholine rings is 1. The molecule has 2 N–H and O–H groups in total. The molecule has 0 bridgehead atoms. The van der Waals surface area contributed by atoms with Crippen molar-refractivity contribution in [2.75, 3.05) is 52.5 Å². The van der Waals surface area contributed by atoms with Gasteiger partial charge in [-0.1, -0.05) is 0 Å². The minimum atomic E-state index is -0.142. The first-order chi connectivity index (χ1) is 11.2. The van der Waals surface area contributed by atoms with E-state index in [0.29, 0.717) is 25.6 Å². The molecule has 0 saturated carbocycles. The van der Waals surface area contributed by atoms with E-state index >= 15 is 0 Å². The summed E-state index contributed by atoms with van der Waals surface area (Å²) in [6.45, 7) is 12.3. The van der Waals surface area contributed by atoms with Gasteiger partial charge < -0.3 is 20.1 Å². The lowest BCUT2D eigenvalue weighted by Crippen LogP contribution is -2.44. The molecule has 0 aromatic heterocycles. The second kappa shape index (κ2) is 14.7. The van der Waals surface area contributed by atoms with Gasteiger partial charge in [-0.3, -0.25) is 14.7 Å². The average molecular weight is 456 g/mol. The third-order valence-electron chi connectivity index (χ3n) is 3.68. The number of guanidine groups is 1. The smallest absolute Gasteiger partial charge is 0.305 e. The maximum absolute atomic E-state index is 11.3. The second-order valence-corrected chi connectivity index (χ2v) is 5.55. The van der Waals surface area contributed by atoms with Crippen LogP contribution in [0.5, 0.6) is 0 Å². The number of carbonyl (C=O) groups is 1. The number of ether oxygens (including phenoxy) is 2. The molecule has 1 heterocycles. The quantitative estimate of drug-likeness (QED) is 0.179. The van der Waals surface area contributed by atoms with E-state index in [-0.39, 0.29) is 29.9 Å². The maximum Gasteiger partial charge on any atom is 0.305 e. The Bertz CT molecular complexity index is 363. The molecular formula is C16H33IN4O3. The number of aliphatic imine (C=N–C) groups is 1. The van der Waals surface area contributed by atoms with E-state index in [1.54, 1.807) is 0 Å². The van der Waals surface area contributed by atoms with E-state index in [1.165, 1.54) is 0 Å². The highest BCUT2D eigenvalue weighted by molar-refractivity contribution is 14.0. The molecule has 8 heteroatoms. The maximum atomic E-state index is 11.3. The molecule has 1 rings (SSSR count). The Morgan fingerprint density at radius 2 is 2.00 bits per heavy atom. The Morgan fingerprint density at radius 3 is 2.62 bits per heavy atom. The van der Waals surface area contributed by atoms with Gasteiger partial charge in [0.15, 0.2) is 5.96 Å². The molecule has 0 aromatic rings. The van der Waals surface area contributed by atoms with Gasteiger partial charge in [-0.15, -0.1) is 24.0 Å². The minimum absolute atomic E-state index is 0. The first-order valence-corrected chi connectivity index (χ1v) is 8.67. The normalized spacial score (nSPS) is 16.9. The fourth-order valence-electron chi connectivity index (χ4n) is 2.37. The van der Waals surface area contributed by atoms with Crippen LogP contribution < -0.4 is 10.6 Å². The summed E-state index contributed by atoms with van der Waals surface area (Å²) >= 11 is 0. The molecule has 142 valence electrons. The van der Waals surface area contributed by atoms with E-state index in [1.807, 2.05) is 13.8 Å². The predicted molar refractivity (Wildman–Crippen MR) is 107 cm³/mol. The number of rotatable bonds is 9. The molecule has 0 radical (unpaired) electrons. The summed E-state index contributed by atoms with van der Waals surface area (Å²) in [4.78, 5) is 18.3. The lowest BCUT2D eigenvalue weighted by molar-refractivity contribution is -0.143. The van der Waals surface area contributed by atoms with E-state index < -0.39 is 0 Å². The van der Waals surface area contributed by atoms with Crippen LogP contribution in [0.1, 0.15) is 33.6 Å². The molecule has 0 spiro atoms. The zero-order valence-corrected chi connectivity index (χ0v) is 17.5. The van der Waals surface area contributed by atoms with Crippen LogP contribution in [-0.2, 0) is 14.3 Å². The van der Waals surface area contributed by atoms with Crippen LogP contribution in [0.3, 0.4) is 0 Å². The highest BCUT2D eigenvalue weighted by Gasteiger charge is 2.16. The van der Waals surface area contributed by atoms with E-state index in [9.17, 15) is 4.79 Å². The molecule has 1 unspecified atom stereocenters. The topological polar surface area (TPSA) is 75.2 Å². The van der Waals surface area contributed by atoms with Gasteiger partial charge in [0.2, 0.25) is 0 Å². The summed E-state index contributed by atoms with van der Waals surface area (Å²) in [6.07, 6.45) is 1.17. The Kier molecular flexibility index (Phi) is 14.3. The summed E-state index contributed by atoms with van der Waals surface area (Å²) in [5.74, 6) is 0.661. The van der Waals surface area contributed by atoms with Crippen molar-refractivity contribution in [3.63, 3.8) is 0 Å². The van der Waals surface area contributed by atoms with Crippen molar-refractivity contribution >= 4 is 35.9 Å². The highest BCUT2D eigenvalue weighted by atomic mass is 127. The SMILES string of the molecule is CCNC(=NCC(C)N1CCOCC1)NCCCC(=O)OCC.I. The molecule has 1 aliphatic heterocycles. The Labute approximate surface area is 162 Å². The van der Waals surface area contributed by atoms with Crippen molar-refractivity contribution in [2.24, 2.45) is 4.99 Å². The Balaban J connectivity index is 0.00000529. The van der Waals surface area contributed by atoms with Crippen molar-refractivity contribution < 1.29 is 14.3 Å². The standard InChI is InChI=1S/C16H32N4O3.HI/c1-4-17-16(18-8-6-7-15(21)23-5-2)19-13-14(3)20-9-11-22-12-10-20;/h14H,4-13H2,1-3H3,(H2,17,18,19);1H. The van der Waals surface area contributed by atoms with Gasteiger partial charge >= 0.3 is 5.97 Å². The van der Waals surface area contributed by atoms with Crippen LogP contribution in [0.15, 0.2) is 4.99 Å².